The van der Waals surface area contributed by atoms with Crippen molar-refractivity contribution in [1.29, 1.82) is 0 Å². The van der Waals surface area contributed by atoms with E-state index in [1.165, 1.54) is 0 Å². The van der Waals surface area contributed by atoms with Crippen molar-refractivity contribution in [2.24, 2.45) is 0 Å². The van der Waals surface area contributed by atoms with Crippen LogP contribution in [0.5, 0.6) is 10.9 Å². The number of hydrogen-bond donors (Lipinski definition) is 0. The van der Waals surface area contributed by atoms with E-state index < -0.39 is 0 Å². The molecule has 0 unspecified atom stereocenters. The first kappa shape index (κ1) is 16.8. The Morgan fingerprint density at radius 2 is 2.04 bits per heavy atom. The Balaban J connectivity index is 1.26. The molecule has 7 heteroatoms. The minimum Gasteiger partial charge on any atom is -0.482 e. The van der Waals surface area contributed by atoms with Crippen LogP contribution < -0.4 is 9.47 Å². The molecule has 2 aromatic heterocycles. The lowest BCUT2D eigenvalue weighted by atomic mass is 10.1. The fraction of sp³-hybridized carbons (Fsp3) is 0.316. The minimum atomic E-state index is -0.00714. The molecule has 0 saturated carbocycles. The van der Waals surface area contributed by atoms with Gasteiger partial charge in [-0.2, -0.15) is 0 Å². The Morgan fingerprint density at radius 3 is 2.81 bits per heavy atom. The molecule has 1 aromatic carbocycles. The lowest BCUT2D eigenvalue weighted by Crippen LogP contribution is -2.43. The molecule has 0 bridgehead atoms. The number of nitrogens with zero attached hydrogens (tertiary/aromatic N) is 3. The van der Waals surface area contributed by atoms with Crippen molar-refractivity contribution in [2.45, 2.75) is 18.9 Å². The van der Waals surface area contributed by atoms with E-state index >= 15 is 0 Å². The van der Waals surface area contributed by atoms with E-state index in [1.807, 2.05) is 29.2 Å². The van der Waals surface area contributed by atoms with Crippen LogP contribution in [0, 0.1) is 0 Å². The van der Waals surface area contributed by atoms with Gasteiger partial charge < -0.3 is 14.4 Å². The summed E-state index contributed by atoms with van der Waals surface area (Å²) < 4.78 is 12.6. The summed E-state index contributed by atoms with van der Waals surface area (Å²) in [5, 5.41) is 0.705. The summed E-state index contributed by atoms with van der Waals surface area (Å²) in [5.41, 5.74) is 0.965. The van der Waals surface area contributed by atoms with Gasteiger partial charge in [0.2, 0.25) is 0 Å². The molecule has 0 spiro atoms. The molecular formula is C19H19N3O3S. The number of amides is 1. The third-order valence-electron chi connectivity index (χ3n) is 4.33. The highest BCUT2D eigenvalue weighted by atomic mass is 32.1. The third kappa shape index (κ3) is 3.94. The maximum atomic E-state index is 12.3. The highest BCUT2D eigenvalue weighted by Crippen LogP contribution is 2.29. The zero-order valence-electron chi connectivity index (χ0n) is 14.2. The summed E-state index contributed by atoms with van der Waals surface area (Å²) in [6.45, 7) is 1.38. The van der Waals surface area contributed by atoms with Crippen LogP contribution in [-0.4, -0.2) is 46.6 Å². The summed E-state index contributed by atoms with van der Waals surface area (Å²) in [5.74, 6) is 0.599. The summed E-state index contributed by atoms with van der Waals surface area (Å²) in [6, 6.07) is 11.6. The van der Waals surface area contributed by atoms with Crippen LogP contribution in [0.3, 0.4) is 0 Å². The van der Waals surface area contributed by atoms with Crippen LogP contribution in [0.25, 0.3) is 10.2 Å². The zero-order valence-corrected chi connectivity index (χ0v) is 15.0. The number of thiazole rings is 1. The van der Waals surface area contributed by atoms with Crippen molar-refractivity contribution in [2.75, 3.05) is 19.7 Å². The number of carbonyl (C=O) groups is 1. The monoisotopic (exact) mass is 369 g/mol. The molecule has 0 atom stereocenters. The van der Waals surface area contributed by atoms with Gasteiger partial charge in [-0.1, -0.05) is 23.5 Å². The molecule has 3 heterocycles. The van der Waals surface area contributed by atoms with Crippen molar-refractivity contribution in [3.63, 3.8) is 0 Å². The number of likely N-dealkylation sites (tertiary alicyclic amines) is 1. The summed E-state index contributed by atoms with van der Waals surface area (Å²) >= 11 is 1.56. The van der Waals surface area contributed by atoms with E-state index in [2.05, 4.69) is 9.97 Å². The Bertz CT molecular complexity index is 843. The predicted molar refractivity (Wildman–Crippen MR) is 99.6 cm³/mol. The van der Waals surface area contributed by atoms with Gasteiger partial charge in [0.15, 0.2) is 6.61 Å². The molecule has 1 saturated heterocycles. The van der Waals surface area contributed by atoms with Gasteiger partial charge in [0.05, 0.1) is 16.4 Å². The van der Waals surface area contributed by atoms with E-state index in [0.717, 1.165) is 23.1 Å². The molecule has 3 aromatic rings. The second-order valence-corrected chi connectivity index (χ2v) is 7.12. The van der Waals surface area contributed by atoms with Crippen LogP contribution in [0.2, 0.25) is 0 Å². The molecule has 6 nitrogen and oxygen atoms in total. The topological polar surface area (TPSA) is 64.5 Å². The Hall–Kier alpha value is -2.67. The van der Waals surface area contributed by atoms with Gasteiger partial charge in [0.25, 0.3) is 11.1 Å². The number of para-hydroxylation sites is 1. The van der Waals surface area contributed by atoms with Crippen LogP contribution in [0.15, 0.2) is 48.8 Å². The van der Waals surface area contributed by atoms with Gasteiger partial charge in [0.1, 0.15) is 11.9 Å². The average Bonchev–Trinajstić information content (AvgIpc) is 3.10. The summed E-state index contributed by atoms with van der Waals surface area (Å²) in [4.78, 5) is 22.6. The largest absolute Gasteiger partial charge is 0.482 e. The van der Waals surface area contributed by atoms with Crippen molar-refractivity contribution in [1.82, 2.24) is 14.9 Å². The molecular weight excluding hydrogens is 350 g/mol. The number of pyridine rings is 1. The fourth-order valence-corrected chi connectivity index (χ4v) is 3.82. The van der Waals surface area contributed by atoms with Crippen molar-refractivity contribution in [3.8, 4) is 10.9 Å². The molecule has 134 valence electrons. The maximum absolute atomic E-state index is 12.3. The lowest BCUT2D eigenvalue weighted by molar-refractivity contribution is -0.135. The highest BCUT2D eigenvalue weighted by Gasteiger charge is 2.25. The van der Waals surface area contributed by atoms with Gasteiger partial charge in [0, 0.05) is 32.1 Å². The smallest absolute Gasteiger partial charge is 0.274 e. The van der Waals surface area contributed by atoms with Crippen molar-refractivity contribution >= 4 is 27.5 Å². The number of piperidine rings is 1. The molecule has 1 amide bonds. The predicted octanol–water partition coefficient (Wildman–Crippen LogP) is 3.14. The van der Waals surface area contributed by atoms with E-state index in [0.29, 0.717) is 24.0 Å². The van der Waals surface area contributed by atoms with Crippen molar-refractivity contribution in [3.05, 3.63) is 48.8 Å². The number of aromatic nitrogens is 2. The first-order valence-electron chi connectivity index (χ1n) is 8.61. The first-order valence-corrected chi connectivity index (χ1v) is 9.42. The van der Waals surface area contributed by atoms with Gasteiger partial charge in [-0.05, 0) is 24.3 Å². The number of benzene rings is 1. The molecule has 0 radical (unpaired) electrons. The summed E-state index contributed by atoms with van der Waals surface area (Å²) in [7, 11) is 0. The van der Waals surface area contributed by atoms with E-state index in [4.69, 9.17) is 9.47 Å². The number of rotatable bonds is 5. The molecule has 0 aliphatic carbocycles. The SMILES string of the molecule is O=C(COc1cccnc1)N1CCC(Oc2nc3ccccc3s2)CC1. The maximum Gasteiger partial charge on any atom is 0.274 e. The number of hydrogen-bond acceptors (Lipinski definition) is 6. The molecule has 1 aliphatic heterocycles. The Labute approximate surface area is 155 Å². The summed E-state index contributed by atoms with van der Waals surface area (Å²) in [6.07, 6.45) is 4.97. The molecule has 1 aliphatic rings. The van der Waals surface area contributed by atoms with Crippen molar-refractivity contribution < 1.29 is 14.3 Å². The molecule has 1 fully saturated rings. The van der Waals surface area contributed by atoms with Gasteiger partial charge in [-0.25, -0.2) is 4.98 Å². The highest BCUT2D eigenvalue weighted by molar-refractivity contribution is 7.20. The Kier molecular flexibility index (Phi) is 4.97. The third-order valence-corrected chi connectivity index (χ3v) is 5.26. The Morgan fingerprint density at radius 1 is 1.19 bits per heavy atom. The second-order valence-electron chi connectivity index (χ2n) is 6.12. The zero-order chi connectivity index (χ0) is 17.8. The average molecular weight is 369 g/mol. The standard InChI is InChI=1S/C19H19N3O3S/c23-18(13-24-15-4-3-9-20-12-15)22-10-7-14(8-11-22)25-19-21-16-5-1-2-6-17(16)26-19/h1-6,9,12,14H,7-8,10-11,13H2. The first-order chi connectivity index (χ1) is 12.8. The van der Waals surface area contributed by atoms with Crippen LogP contribution in [-0.2, 0) is 4.79 Å². The van der Waals surface area contributed by atoms with E-state index in [-0.39, 0.29) is 18.6 Å². The molecule has 4 rings (SSSR count). The number of fused-ring (bicyclic) bond motifs is 1. The fourth-order valence-electron chi connectivity index (χ4n) is 2.94. The van der Waals surface area contributed by atoms with Crippen LogP contribution >= 0.6 is 11.3 Å². The number of carbonyl (C=O) groups excluding carboxylic acids is 1. The van der Waals surface area contributed by atoms with Gasteiger partial charge in [-0.3, -0.25) is 9.78 Å². The second kappa shape index (κ2) is 7.70. The van der Waals surface area contributed by atoms with E-state index in [9.17, 15) is 4.79 Å². The lowest BCUT2D eigenvalue weighted by Gasteiger charge is -2.31. The normalized spacial score (nSPS) is 15.2. The number of ether oxygens (including phenoxy) is 2. The van der Waals surface area contributed by atoms with E-state index in [1.54, 1.807) is 35.9 Å². The molecule has 0 N–H and O–H groups in total. The quantitative estimate of drug-likeness (QED) is 0.691. The van der Waals surface area contributed by atoms with Gasteiger partial charge in [-0.15, -0.1) is 0 Å². The molecule has 26 heavy (non-hydrogen) atoms. The minimum absolute atomic E-state index is 0.00714. The van der Waals surface area contributed by atoms with Crippen LogP contribution in [0.4, 0.5) is 0 Å². The van der Waals surface area contributed by atoms with Gasteiger partial charge >= 0.3 is 0 Å². The van der Waals surface area contributed by atoms with Crippen LogP contribution in [0.1, 0.15) is 12.8 Å².